The molecule has 3 aliphatic rings. The Balaban J connectivity index is 1.31. The maximum atomic E-state index is 12.2. The predicted molar refractivity (Wildman–Crippen MR) is 95.5 cm³/mol. The van der Waals surface area contributed by atoms with Crippen LogP contribution in [0.2, 0.25) is 0 Å². The average Bonchev–Trinajstić information content (AvgIpc) is 2.58. The van der Waals surface area contributed by atoms with Crippen LogP contribution in [0.1, 0.15) is 96.3 Å². The van der Waals surface area contributed by atoms with E-state index in [1.807, 2.05) is 0 Å². The minimum Gasteiger partial charge on any atom is -0.335 e. The first-order valence-electron chi connectivity index (χ1n) is 10.4. The molecular weight excluding hydrogens is 284 g/mol. The molecule has 3 nitrogen and oxygen atoms in total. The summed E-state index contributed by atoms with van der Waals surface area (Å²) in [6.45, 7) is 0. The van der Waals surface area contributed by atoms with Gasteiger partial charge in [-0.05, 0) is 56.8 Å². The van der Waals surface area contributed by atoms with Gasteiger partial charge >= 0.3 is 6.03 Å². The Hall–Kier alpha value is -0.730. The fourth-order valence-corrected chi connectivity index (χ4v) is 5.10. The van der Waals surface area contributed by atoms with Gasteiger partial charge in [-0.1, -0.05) is 51.4 Å². The van der Waals surface area contributed by atoms with Crippen LogP contribution < -0.4 is 10.6 Å². The van der Waals surface area contributed by atoms with E-state index in [-0.39, 0.29) is 6.03 Å². The summed E-state index contributed by atoms with van der Waals surface area (Å²) < 4.78 is 0. The highest BCUT2D eigenvalue weighted by atomic mass is 16.2. The molecule has 23 heavy (non-hydrogen) atoms. The molecule has 0 aromatic heterocycles. The zero-order valence-corrected chi connectivity index (χ0v) is 14.8. The second kappa shape index (κ2) is 8.94. The van der Waals surface area contributed by atoms with E-state index >= 15 is 0 Å². The predicted octanol–water partition coefficient (Wildman–Crippen LogP) is 5.15. The van der Waals surface area contributed by atoms with E-state index in [4.69, 9.17) is 0 Å². The molecule has 3 fully saturated rings. The zero-order valence-electron chi connectivity index (χ0n) is 14.8. The summed E-state index contributed by atoms with van der Waals surface area (Å²) in [5, 5.41) is 6.43. The molecule has 132 valence electrons. The summed E-state index contributed by atoms with van der Waals surface area (Å²) >= 11 is 0. The van der Waals surface area contributed by atoms with E-state index in [1.165, 1.54) is 96.3 Å². The van der Waals surface area contributed by atoms with Crippen molar-refractivity contribution in [3.8, 4) is 0 Å². The molecule has 3 saturated carbocycles. The van der Waals surface area contributed by atoms with Crippen molar-refractivity contribution in [2.24, 2.45) is 11.8 Å². The number of urea groups is 1. The minimum atomic E-state index is 0.0904. The lowest BCUT2D eigenvalue weighted by atomic mass is 9.76. The van der Waals surface area contributed by atoms with E-state index in [0.29, 0.717) is 12.1 Å². The van der Waals surface area contributed by atoms with Gasteiger partial charge in [0.25, 0.3) is 0 Å². The monoisotopic (exact) mass is 320 g/mol. The Bertz CT molecular complexity index is 351. The number of amides is 2. The largest absolute Gasteiger partial charge is 0.335 e. The zero-order chi connectivity index (χ0) is 15.9. The molecule has 0 atom stereocenters. The van der Waals surface area contributed by atoms with Gasteiger partial charge in [0.15, 0.2) is 0 Å². The fraction of sp³-hybridized carbons (Fsp3) is 0.950. The van der Waals surface area contributed by atoms with Crippen LogP contribution in [0, 0.1) is 11.8 Å². The third kappa shape index (κ3) is 5.69. The first-order chi connectivity index (χ1) is 11.3. The molecule has 0 spiro atoms. The highest BCUT2D eigenvalue weighted by Crippen LogP contribution is 2.35. The van der Waals surface area contributed by atoms with E-state index in [9.17, 15) is 4.79 Å². The Kier molecular flexibility index (Phi) is 6.65. The summed E-state index contributed by atoms with van der Waals surface area (Å²) in [7, 11) is 0. The number of carbonyl (C=O) groups is 1. The second-order valence-electron chi connectivity index (χ2n) is 8.41. The van der Waals surface area contributed by atoms with Crippen LogP contribution in [-0.4, -0.2) is 18.1 Å². The van der Waals surface area contributed by atoms with Crippen LogP contribution in [0.15, 0.2) is 0 Å². The molecule has 2 amide bonds. The topological polar surface area (TPSA) is 41.1 Å². The summed E-state index contributed by atoms with van der Waals surface area (Å²) in [6, 6.07) is 0.931. The van der Waals surface area contributed by atoms with Gasteiger partial charge < -0.3 is 10.6 Å². The molecule has 0 aromatic carbocycles. The third-order valence-corrected chi connectivity index (χ3v) is 6.51. The highest BCUT2D eigenvalue weighted by molar-refractivity contribution is 5.74. The van der Waals surface area contributed by atoms with Gasteiger partial charge in [-0.2, -0.15) is 0 Å². The number of hydrogen-bond donors (Lipinski definition) is 2. The molecule has 3 heteroatoms. The van der Waals surface area contributed by atoms with Crippen molar-refractivity contribution >= 4 is 6.03 Å². The van der Waals surface area contributed by atoms with Crippen molar-refractivity contribution in [1.29, 1.82) is 0 Å². The van der Waals surface area contributed by atoms with E-state index in [1.54, 1.807) is 0 Å². The van der Waals surface area contributed by atoms with Crippen molar-refractivity contribution in [2.75, 3.05) is 0 Å². The summed E-state index contributed by atoms with van der Waals surface area (Å²) in [5.74, 6) is 1.94. The molecule has 0 unspecified atom stereocenters. The van der Waals surface area contributed by atoms with Gasteiger partial charge in [-0.3, -0.25) is 0 Å². The smallest absolute Gasteiger partial charge is 0.315 e. The van der Waals surface area contributed by atoms with Gasteiger partial charge in [0.05, 0.1) is 0 Å². The molecular formula is C20H36N2O. The maximum absolute atomic E-state index is 12.2. The standard InChI is InChI=1S/C20H36N2O/c23-20(21-18-9-5-2-6-10-18)22-19-13-11-17(12-14-19)15-16-7-3-1-4-8-16/h16-19H,1-15H2,(H2,21,22,23). The van der Waals surface area contributed by atoms with Crippen LogP contribution >= 0.6 is 0 Å². The number of rotatable bonds is 4. The second-order valence-corrected chi connectivity index (χ2v) is 8.41. The van der Waals surface area contributed by atoms with E-state index < -0.39 is 0 Å². The first kappa shape index (κ1) is 17.1. The maximum Gasteiger partial charge on any atom is 0.315 e. The Morgan fingerprint density at radius 3 is 1.70 bits per heavy atom. The van der Waals surface area contributed by atoms with Gasteiger partial charge in [-0.15, -0.1) is 0 Å². The molecule has 0 aliphatic heterocycles. The van der Waals surface area contributed by atoms with E-state index in [0.717, 1.165) is 11.8 Å². The first-order valence-corrected chi connectivity index (χ1v) is 10.4. The van der Waals surface area contributed by atoms with Crippen LogP contribution in [0.5, 0.6) is 0 Å². The quantitative estimate of drug-likeness (QED) is 0.739. The van der Waals surface area contributed by atoms with Crippen molar-refractivity contribution in [2.45, 2.75) is 108 Å². The van der Waals surface area contributed by atoms with Crippen molar-refractivity contribution in [1.82, 2.24) is 10.6 Å². The van der Waals surface area contributed by atoms with Crippen molar-refractivity contribution in [3.05, 3.63) is 0 Å². The molecule has 3 rings (SSSR count). The minimum absolute atomic E-state index is 0.0904. The van der Waals surface area contributed by atoms with Gasteiger partial charge in [0.2, 0.25) is 0 Å². The van der Waals surface area contributed by atoms with Crippen LogP contribution in [0.25, 0.3) is 0 Å². The molecule has 0 heterocycles. The van der Waals surface area contributed by atoms with E-state index in [2.05, 4.69) is 10.6 Å². The van der Waals surface area contributed by atoms with Crippen LogP contribution in [0.4, 0.5) is 4.79 Å². The number of carbonyl (C=O) groups excluding carboxylic acids is 1. The summed E-state index contributed by atoms with van der Waals surface area (Å²) in [4.78, 5) is 12.2. The van der Waals surface area contributed by atoms with Gasteiger partial charge in [0, 0.05) is 12.1 Å². The molecule has 0 saturated heterocycles. The lowest BCUT2D eigenvalue weighted by Gasteiger charge is -2.33. The summed E-state index contributed by atoms with van der Waals surface area (Å²) in [5.41, 5.74) is 0. The molecule has 0 aromatic rings. The molecule has 0 bridgehead atoms. The van der Waals surface area contributed by atoms with Crippen LogP contribution in [0.3, 0.4) is 0 Å². The lowest BCUT2D eigenvalue weighted by Crippen LogP contribution is -2.47. The number of nitrogens with one attached hydrogen (secondary N) is 2. The van der Waals surface area contributed by atoms with Crippen molar-refractivity contribution in [3.63, 3.8) is 0 Å². The van der Waals surface area contributed by atoms with Crippen LogP contribution in [-0.2, 0) is 0 Å². The number of hydrogen-bond acceptors (Lipinski definition) is 1. The SMILES string of the molecule is O=C(NC1CCCCC1)NC1CCC(CC2CCCCC2)CC1. The lowest BCUT2D eigenvalue weighted by molar-refractivity contribution is 0.206. The molecule has 3 aliphatic carbocycles. The third-order valence-electron chi connectivity index (χ3n) is 6.51. The Morgan fingerprint density at radius 1 is 0.609 bits per heavy atom. The Morgan fingerprint density at radius 2 is 1.09 bits per heavy atom. The van der Waals surface area contributed by atoms with Gasteiger partial charge in [0.1, 0.15) is 0 Å². The fourth-order valence-electron chi connectivity index (χ4n) is 5.10. The highest BCUT2D eigenvalue weighted by Gasteiger charge is 2.26. The molecule has 0 radical (unpaired) electrons. The average molecular weight is 321 g/mol. The van der Waals surface area contributed by atoms with Crippen molar-refractivity contribution < 1.29 is 4.79 Å². The Labute approximate surface area is 142 Å². The summed E-state index contributed by atoms with van der Waals surface area (Å²) in [6.07, 6.45) is 20.0. The molecule has 2 N–H and O–H groups in total. The van der Waals surface area contributed by atoms with Gasteiger partial charge in [-0.25, -0.2) is 4.79 Å². The normalized spacial score (nSPS) is 30.8.